The lowest BCUT2D eigenvalue weighted by atomic mass is 10.0. The number of carbonyl (C=O) groups is 1. The highest BCUT2D eigenvalue weighted by molar-refractivity contribution is 7.12. The molecule has 0 fully saturated rings. The molecule has 0 N–H and O–H groups in total. The molecule has 1 heterocycles. The first-order valence-electron chi connectivity index (χ1n) is 7.92. The van der Waals surface area contributed by atoms with E-state index in [4.69, 9.17) is 27.9 Å². The standard InChI is InChI=1S/C19H15Cl2NO3S/c1-2-16(23)25-11-12-4-3-5-14(10-12)13-6-8-15(9-7-13)22-19(24)17(20)18(21)26-22/h3-10H,2,11H2,1H3. The van der Waals surface area contributed by atoms with Crippen molar-refractivity contribution in [3.05, 3.63) is 73.8 Å². The summed E-state index contributed by atoms with van der Waals surface area (Å²) in [6, 6.07) is 15.3. The summed E-state index contributed by atoms with van der Waals surface area (Å²) in [4.78, 5) is 23.4. The van der Waals surface area contributed by atoms with Gasteiger partial charge in [0.1, 0.15) is 16.0 Å². The van der Waals surface area contributed by atoms with Crippen molar-refractivity contribution in [1.29, 1.82) is 0 Å². The molecule has 0 aliphatic carbocycles. The Bertz CT molecular complexity index is 993. The van der Waals surface area contributed by atoms with Gasteiger partial charge in [0.15, 0.2) is 0 Å². The number of hydrogen-bond acceptors (Lipinski definition) is 4. The van der Waals surface area contributed by atoms with Crippen molar-refractivity contribution < 1.29 is 9.53 Å². The van der Waals surface area contributed by atoms with Crippen molar-refractivity contribution in [3.8, 4) is 16.8 Å². The third kappa shape index (κ3) is 4.01. The van der Waals surface area contributed by atoms with Gasteiger partial charge in [-0.3, -0.25) is 9.59 Å². The van der Waals surface area contributed by atoms with Crippen LogP contribution in [0.1, 0.15) is 18.9 Å². The van der Waals surface area contributed by atoms with Crippen molar-refractivity contribution in [2.24, 2.45) is 0 Å². The summed E-state index contributed by atoms with van der Waals surface area (Å²) in [5, 5.41) is 0.0371. The van der Waals surface area contributed by atoms with E-state index in [1.165, 1.54) is 3.96 Å². The number of hydrogen-bond donors (Lipinski definition) is 0. The van der Waals surface area contributed by atoms with E-state index in [0.717, 1.165) is 28.2 Å². The number of esters is 1. The minimum atomic E-state index is -0.325. The first kappa shape index (κ1) is 18.7. The minimum Gasteiger partial charge on any atom is -0.461 e. The third-order valence-corrected chi connectivity index (χ3v) is 5.65. The molecule has 3 aromatic rings. The molecule has 134 valence electrons. The Balaban J connectivity index is 1.83. The highest BCUT2D eigenvalue weighted by Crippen LogP contribution is 2.27. The first-order chi connectivity index (χ1) is 12.5. The molecule has 0 saturated heterocycles. The summed E-state index contributed by atoms with van der Waals surface area (Å²) in [7, 11) is 0. The second-order valence-corrected chi connectivity index (χ2v) is 7.48. The van der Waals surface area contributed by atoms with Crippen molar-refractivity contribution in [1.82, 2.24) is 3.96 Å². The zero-order chi connectivity index (χ0) is 18.7. The van der Waals surface area contributed by atoms with Gasteiger partial charge in [-0.05, 0) is 46.4 Å². The lowest BCUT2D eigenvalue weighted by molar-refractivity contribution is -0.144. The van der Waals surface area contributed by atoms with E-state index in [2.05, 4.69) is 0 Å². The van der Waals surface area contributed by atoms with E-state index < -0.39 is 0 Å². The van der Waals surface area contributed by atoms with E-state index in [-0.39, 0.29) is 27.5 Å². The minimum absolute atomic E-state index is 0.0371. The molecule has 0 spiro atoms. The van der Waals surface area contributed by atoms with Crippen molar-refractivity contribution in [2.75, 3.05) is 0 Å². The number of nitrogens with zero attached hydrogens (tertiary/aromatic N) is 1. The molecule has 0 unspecified atom stereocenters. The van der Waals surface area contributed by atoms with Gasteiger partial charge in [0.2, 0.25) is 0 Å². The maximum absolute atomic E-state index is 12.1. The van der Waals surface area contributed by atoms with Crippen LogP contribution in [0.2, 0.25) is 9.36 Å². The molecular weight excluding hydrogens is 393 g/mol. The van der Waals surface area contributed by atoms with E-state index in [9.17, 15) is 9.59 Å². The molecule has 0 amide bonds. The largest absolute Gasteiger partial charge is 0.461 e. The summed E-state index contributed by atoms with van der Waals surface area (Å²) in [6.07, 6.45) is 0.358. The molecular formula is C19H15Cl2NO3S. The SMILES string of the molecule is CCC(=O)OCc1cccc(-c2ccc(-n3sc(Cl)c(Cl)c3=O)cc2)c1. The zero-order valence-corrected chi connectivity index (χ0v) is 16.2. The van der Waals surface area contributed by atoms with Gasteiger partial charge in [0.05, 0.1) is 5.69 Å². The molecule has 26 heavy (non-hydrogen) atoms. The van der Waals surface area contributed by atoms with Crippen molar-refractivity contribution >= 4 is 40.7 Å². The van der Waals surface area contributed by atoms with Crippen LogP contribution in [0.3, 0.4) is 0 Å². The Morgan fingerprint density at radius 3 is 2.46 bits per heavy atom. The number of ether oxygens (including phenoxy) is 1. The smallest absolute Gasteiger partial charge is 0.305 e. The highest BCUT2D eigenvalue weighted by Gasteiger charge is 2.12. The second-order valence-electron chi connectivity index (χ2n) is 5.54. The highest BCUT2D eigenvalue weighted by atomic mass is 35.5. The Morgan fingerprint density at radius 1 is 1.12 bits per heavy atom. The van der Waals surface area contributed by atoms with Crippen LogP contribution >= 0.6 is 34.7 Å². The monoisotopic (exact) mass is 407 g/mol. The molecule has 2 aromatic carbocycles. The number of rotatable bonds is 5. The Morgan fingerprint density at radius 2 is 1.85 bits per heavy atom. The molecule has 0 bridgehead atoms. The van der Waals surface area contributed by atoms with Gasteiger partial charge >= 0.3 is 5.97 Å². The van der Waals surface area contributed by atoms with Crippen LogP contribution in [0.5, 0.6) is 0 Å². The van der Waals surface area contributed by atoms with Crippen LogP contribution in [0, 0.1) is 0 Å². The lowest BCUT2D eigenvalue weighted by Gasteiger charge is -2.08. The number of benzene rings is 2. The van der Waals surface area contributed by atoms with Crippen LogP contribution < -0.4 is 5.56 Å². The molecule has 0 saturated carbocycles. The fourth-order valence-corrected chi connectivity index (χ4v) is 3.66. The molecule has 0 atom stereocenters. The van der Waals surface area contributed by atoms with Gasteiger partial charge in [-0.2, -0.15) is 0 Å². The summed E-state index contributed by atoms with van der Waals surface area (Å²) >= 11 is 12.9. The van der Waals surface area contributed by atoms with E-state index in [1.807, 2.05) is 48.5 Å². The van der Waals surface area contributed by atoms with Gasteiger partial charge in [-0.25, -0.2) is 3.96 Å². The molecule has 4 nitrogen and oxygen atoms in total. The summed E-state index contributed by atoms with van der Waals surface area (Å²) in [5.41, 5.74) is 3.27. The summed E-state index contributed by atoms with van der Waals surface area (Å²) in [6.45, 7) is 2.01. The van der Waals surface area contributed by atoms with Crippen LogP contribution in [0.15, 0.2) is 53.3 Å². The topological polar surface area (TPSA) is 48.3 Å². The van der Waals surface area contributed by atoms with Gasteiger partial charge in [-0.1, -0.05) is 60.5 Å². The Hall–Kier alpha value is -2.08. The van der Waals surface area contributed by atoms with Gasteiger partial charge in [-0.15, -0.1) is 0 Å². The normalized spacial score (nSPS) is 10.7. The molecule has 1 aromatic heterocycles. The van der Waals surface area contributed by atoms with Gasteiger partial charge in [0.25, 0.3) is 5.56 Å². The Kier molecular flexibility index (Phi) is 5.81. The molecule has 3 rings (SSSR count). The second kappa shape index (κ2) is 8.08. The van der Waals surface area contributed by atoms with E-state index in [0.29, 0.717) is 12.1 Å². The molecule has 0 aliphatic heterocycles. The zero-order valence-electron chi connectivity index (χ0n) is 13.9. The van der Waals surface area contributed by atoms with Crippen molar-refractivity contribution in [3.63, 3.8) is 0 Å². The molecule has 7 heteroatoms. The van der Waals surface area contributed by atoms with Crippen LogP contribution in [0.25, 0.3) is 16.8 Å². The lowest BCUT2D eigenvalue weighted by Crippen LogP contribution is -2.10. The number of carbonyl (C=O) groups excluding carboxylic acids is 1. The van der Waals surface area contributed by atoms with E-state index in [1.54, 1.807) is 6.92 Å². The predicted octanol–water partition coefficient (Wildman–Crippen LogP) is 5.33. The number of aromatic nitrogens is 1. The van der Waals surface area contributed by atoms with Crippen molar-refractivity contribution in [2.45, 2.75) is 20.0 Å². The van der Waals surface area contributed by atoms with E-state index >= 15 is 0 Å². The quantitative estimate of drug-likeness (QED) is 0.537. The van der Waals surface area contributed by atoms with Crippen LogP contribution in [-0.2, 0) is 16.1 Å². The average molecular weight is 408 g/mol. The van der Waals surface area contributed by atoms with Crippen LogP contribution in [-0.4, -0.2) is 9.93 Å². The van der Waals surface area contributed by atoms with Crippen LogP contribution in [0.4, 0.5) is 0 Å². The fraction of sp³-hybridized carbons (Fsp3) is 0.158. The van der Waals surface area contributed by atoms with Gasteiger partial charge in [0, 0.05) is 6.42 Å². The maximum Gasteiger partial charge on any atom is 0.305 e. The number of halogens is 2. The summed E-state index contributed by atoms with van der Waals surface area (Å²) < 4.78 is 6.90. The van der Waals surface area contributed by atoms with Gasteiger partial charge < -0.3 is 4.74 Å². The molecule has 0 radical (unpaired) electrons. The summed E-state index contributed by atoms with van der Waals surface area (Å²) in [5.74, 6) is -0.224. The third-order valence-electron chi connectivity index (χ3n) is 3.77. The maximum atomic E-state index is 12.1. The Labute approximate surface area is 164 Å². The fourth-order valence-electron chi connectivity index (χ4n) is 2.40. The molecule has 0 aliphatic rings. The first-order valence-corrected chi connectivity index (χ1v) is 9.45. The predicted molar refractivity (Wildman–Crippen MR) is 105 cm³/mol. The average Bonchev–Trinajstić information content (AvgIpc) is 2.94.